The first-order valence-electron chi connectivity index (χ1n) is 22.6. The van der Waals surface area contributed by atoms with Crippen LogP contribution in [0.1, 0.15) is 136 Å². The van der Waals surface area contributed by atoms with Gasteiger partial charge in [-0.2, -0.15) is 0 Å². The van der Waals surface area contributed by atoms with E-state index in [4.69, 9.17) is 24.7 Å². The second kappa shape index (κ2) is 23.4. The number of aromatic nitrogens is 1. The van der Waals surface area contributed by atoms with Gasteiger partial charge < -0.3 is 19.9 Å². The Labute approximate surface area is 383 Å². The SMILES string of the molecule is CC/C=C/C/C=C/C/C=C/C/C=C/C/C=C/CCCCCC(=O)OC1=C(C)C2=NC1=CC1=NC(=Cc3[n-]c4c(c3C)=C([O-])CC=4C3=NC(=C2)[C@@H](C)[C@@H]3CCC(=O)O)C(CC)=C1C.[Ni+2]. The summed E-state index contributed by atoms with van der Waals surface area (Å²) in [7, 11) is 0. The molecule has 1 aliphatic carbocycles. The van der Waals surface area contributed by atoms with Gasteiger partial charge in [-0.1, -0.05) is 99.6 Å². The van der Waals surface area contributed by atoms with Crippen molar-refractivity contribution >= 4 is 46.5 Å². The fourth-order valence-corrected chi connectivity index (χ4v) is 8.61. The third-order valence-corrected chi connectivity index (χ3v) is 12.2. The van der Waals surface area contributed by atoms with E-state index in [9.17, 15) is 19.8 Å². The fraction of sp³-hybridized carbons (Fsp3) is 0.415. The van der Waals surface area contributed by atoms with Gasteiger partial charge in [0.05, 0.1) is 17.1 Å². The molecule has 334 valence electrons. The molecule has 0 radical (unpaired) electrons. The predicted molar refractivity (Wildman–Crippen MR) is 250 cm³/mol. The van der Waals surface area contributed by atoms with Crippen LogP contribution in [0.15, 0.2) is 127 Å². The van der Waals surface area contributed by atoms with E-state index < -0.39 is 5.97 Å². The smallest absolute Gasteiger partial charge is 0.875 e. The zero-order chi connectivity index (χ0) is 44.2. The molecular formula is C53H62N4NiO5. The van der Waals surface area contributed by atoms with Crippen molar-refractivity contribution in [2.24, 2.45) is 26.8 Å². The number of rotatable bonds is 20. The molecule has 10 heteroatoms. The third kappa shape index (κ3) is 12.0. The van der Waals surface area contributed by atoms with Crippen molar-refractivity contribution in [2.45, 2.75) is 131 Å². The normalized spacial score (nSPS) is 19.6. The van der Waals surface area contributed by atoms with Crippen molar-refractivity contribution in [1.29, 1.82) is 0 Å². The monoisotopic (exact) mass is 892 g/mol. The summed E-state index contributed by atoms with van der Waals surface area (Å²) >= 11 is 0. The molecule has 4 aliphatic heterocycles. The van der Waals surface area contributed by atoms with Crippen LogP contribution in [0.4, 0.5) is 0 Å². The summed E-state index contributed by atoms with van der Waals surface area (Å²) in [6.45, 7) is 12.2. The number of aliphatic carboxylic acids is 1. The van der Waals surface area contributed by atoms with E-state index in [2.05, 4.69) is 74.6 Å². The summed E-state index contributed by atoms with van der Waals surface area (Å²) in [4.78, 5) is 45.5. The standard InChI is InChI=1S/C53H64N4O5.Ni/c1-7-9-10-11-12-13-14-15-16-17-18-19-20-21-22-23-24-25-26-27-49(61)62-53-37(6)44-31-42-35(4)39(28-29-48(59)60)51(56-42)40-30-47(58)50-36(5)43(57-52(40)50)32-45-38(8-2)34(3)41(54-45)33-46(53)55-44;/h9-10,12-13,15-16,18-19,21-22,31-33,35,39H,7-8,11,14,17,20,23-30H2,1-6H3,(H3,54,55,56,57,58,59,60);/q;+2/p-2/b10-9+,13-12+,16-15+,19-18+,22-21+;/t35-,39-;/m0./s1. The molecule has 0 saturated carbocycles. The van der Waals surface area contributed by atoms with Gasteiger partial charge in [0.15, 0.2) is 5.76 Å². The summed E-state index contributed by atoms with van der Waals surface area (Å²) in [6, 6.07) is 0. The number of nitrogens with zero attached hydrogens (tertiary/aromatic N) is 4. The Morgan fingerprint density at radius 1 is 0.810 bits per heavy atom. The molecule has 0 saturated heterocycles. The molecule has 0 aromatic carbocycles. The Morgan fingerprint density at radius 3 is 2.10 bits per heavy atom. The maximum atomic E-state index is 13.6. The number of esters is 1. The first-order chi connectivity index (χ1) is 30.0. The number of fused-ring (bicyclic) bond motifs is 5. The Balaban J connectivity index is 0.00000748. The Bertz CT molecular complexity index is 2470. The molecule has 5 aliphatic rings. The van der Waals surface area contributed by atoms with Gasteiger partial charge in [-0.25, -0.2) is 9.98 Å². The molecule has 9 nitrogen and oxygen atoms in total. The summed E-state index contributed by atoms with van der Waals surface area (Å²) in [5, 5.41) is 24.5. The van der Waals surface area contributed by atoms with Crippen LogP contribution in [0.25, 0.3) is 17.4 Å². The van der Waals surface area contributed by atoms with E-state index in [0.29, 0.717) is 51.8 Å². The van der Waals surface area contributed by atoms with Crippen LogP contribution in [-0.4, -0.2) is 34.2 Å². The van der Waals surface area contributed by atoms with Gasteiger partial charge >= 0.3 is 28.4 Å². The largest absolute Gasteiger partial charge is 2.00 e. The summed E-state index contributed by atoms with van der Waals surface area (Å²) in [5.41, 5.74) is 9.15. The van der Waals surface area contributed by atoms with Gasteiger partial charge in [-0.3, -0.25) is 14.6 Å². The predicted octanol–water partition coefficient (Wildman–Crippen LogP) is 9.82. The van der Waals surface area contributed by atoms with E-state index in [1.807, 2.05) is 45.9 Å². The number of hydrogen-bond acceptors (Lipinski definition) is 7. The zero-order valence-corrected chi connectivity index (χ0v) is 38.7. The molecule has 63 heavy (non-hydrogen) atoms. The molecule has 1 N–H and O–H groups in total. The Hall–Kier alpha value is -5.34. The maximum Gasteiger partial charge on any atom is 2.00 e. The van der Waals surface area contributed by atoms with Gasteiger partial charge in [0.2, 0.25) is 0 Å². The van der Waals surface area contributed by atoms with Crippen molar-refractivity contribution < 1.29 is 41.0 Å². The van der Waals surface area contributed by atoms with Gasteiger partial charge in [0, 0.05) is 41.7 Å². The van der Waals surface area contributed by atoms with Crippen molar-refractivity contribution in [1.82, 2.24) is 4.98 Å². The molecular weight excluding hydrogens is 831 g/mol. The molecule has 0 spiro atoms. The van der Waals surface area contributed by atoms with Crippen molar-refractivity contribution in [3.8, 4) is 0 Å². The van der Waals surface area contributed by atoms with E-state index in [-0.39, 0.29) is 52.9 Å². The minimum absolute atomic E-state index is 0. The van der Waals surface area contributed by atoms with Crippen LogP contribution < -0.4 is 20.7 Å². The van der Waals surface area contributed by atoms with Crippen LogP contribution in [0.5, 0.6) is 0 Å². The number of carbonyl (C=O) groups is 2. The van der Waals surface area contributed by atoms with Gasteiger partial charge in [0.1, 0.15) is 5.70 Å². The summed E-state index contributed by atoms with van der Waals surface area (Å²) < 4.78 is 6.15. The second-order valence-electron chi connectivity index (χ2n) is 16.6. The van der Waals surface area contributed by atoms with Crippen LogP contribution in [0.3, 0.4) is 0 Å². The average molecular weight is 894 g/mol. The second-order valence-corrected chi connectivity index (χ2v) is 16.6. The van der Waals surface area contributed by atoms with E-state index in [1.165, 1.54) is 0 Å². The first-order valence-corrected chi connectivity index (χ1v) is 22.6. The molecule has 1 aromatic heterocycles. The minimum Gasteiger partial charge on any atom is -0.875 e. The summed E-state index contributed by atoms with van der Waals surface area (Å²) in [5.74, 6) is -1.15. The van der Waals surface area contributed by atoms with Gasteiger partial charge in [-0.05, 0) is 125 Å². The van der Waals surface area contributed by atoms with Crippen molar-refractivity contribution in [3.05, 3.63) is 134 Å². The number of carbonyl (C=O) groups excluding carboxylic acids is 1. The number of ether oxygens (including phenoxy) is 1. The summed E-state index contributed by atoms with van der Waals surface area (Å²) in [6.07, 6.45) is 37.9. The fourth-order valence-electron chi connectivity index (χ4n) is 8.61. The quantitative estimate of drug-likeness (QED) is 0.0599. The molecule has 5 heterocycles. The topological polar surface area (TPSA) is 138 Å². The number of hydrogen-bond donors (Lipinski definition) is 1. The molecule has 6 rings (SSSR count). The molecule has 8 bridgehead atoms. The maximum absolute atomic E-state index is 13.6. The molecule has 0 unspecified atom stereocenters. The van der Waals surface area contributed by atoms with Crippen LogP contribution in [-0.2, 0) is 30.8 Å². The van der Waals surface area contributed by atoms with Crippen LogP contribution in [0, 0.1) is 18.8 Å². The van der Waals surface area contributed by atoms with Crippen LogP contribution >= 0.6 is 0 Å². The number of carboxylic acid groups (broad SMARTS) is 1. The molecule has 0 fully saturated rings. The van der Waals surface area contributed by atoms with Gasteiger partial charge in [-0.15, -0.1) is 16.8 Å². The molecule has 2 atom stereocenters. The number of allylic oxidation sites excluding steroid dienone is 16. The van der Waals surface area contributed by atoms with Crippen molar-refractivity contribution in [3.63, 3.8) is 0 Å². The third-order valence-electron chi connectivity index (χ3n) is 12.2. The molecule has 1 aromatic rings. The minimum atomic E-state index is -0.881. The zero-order valence-electron chi connectivity index (χ0n) is 37.7. The average Bonchev–Trinajstić information content (AvgIpc) is 4.00. The first kappa shape index (κ1) is 48.7. The molecule has 0 amide bonds. The Kier molecular flexibility index (Phi) is 18.1. The Morgan fingerprint density at radius 2 is 1.44 bits per heavy atom. The van der Waals surface area contributed by atoms with Crippen LogP contribution in [0.2, 0.25) is 0 Å². The van der Waals surface area contributed by atoms with Crippen molar-refractivity contribution in [2.75, 3.05) is 0 Å². The van der Waals surface area contributed by atoms with Gasteiger partial charge in [0.25, 0.3) is 0 Å². The number of aliphatic imine (C=N–C) groups is 3. The van der Waals surface area contributed by atoms with E-state index in [0.717, 1.165) is 109 Å². The van der Waals surface area contributed by atoms with E-state index in [1.54, 1.807) is 0 Å². The van der Waals surface area contributed by atoms with E-state index >= 15 is 0 Å². The number of unbranched alkanes of at least 4 members (excludes halogenated alkanes) is 3. The number of carboxylic acids is 1.